The van der Waals surface area contributed by atoms with Crippen LogP contribution in [0.25, 0.3) is 0 Å². The van der Waals surface area contributed by atoms with E-state index in [1.54, 1.807) is 9.80 Å². The molecular formula is C22H26N2O3. The van der Waals surface area contributed by atoms with Crippen LogP contribution in [0, 0.1) is 0 Å². The summed E-state index contributed by atoms with van der Waals surface area (Å²) in [5.41, 5.74) is 1.77. The maximum atomic E-state index is 12.7. The van der Waals surface area contributed by atoms with Gasteiger partial charge < -0.3 is 14.5 Å². The Morgan fingerprint density at radius 3 is 2.48 bits per heavy atom. The number of carbonyl (C=O) groups is 2. The molecule has 0 radical (unpaired) electrons. The summed E-state index contributed by atoms with van der Waals surface area (Å²) >= 11 is 0. The van der Waals surface area contributed by atoms with E-state index < -0.39 is 0 Å². The standard InChI is InChI=1S/C22H26N2O3/c1-2-3-15-24(18-8-5-4-6-9-18)22(26)17-27-20-13-11-19(12-14-20)23-16-7-10-21(23)25/h4-6,8-9,11-14H,2-3,7,10,15-17H2,1H3. The van der Waals surface area contributed by atoms with Crippen LogP contribution in [0.2, 0.25) is 0 Å². The first-order valence-corrected chi connectivity index (χ1v) is 9.57. The number of para-hydroxylation sites is 1. The first-order valence-electron chi connectivity index (χ1n) is 9.57. The Morgan fingerprint density at radius 1 is 1.11 bits per heavy atom. The van der Waals surface area contributed by atoms with Crippen molar-refractivity contribution in [3.8, 4) is 5.75 Å². The molecule has 0 aliphatic carbocycles. The number of unbranched alkanes of at least 4 members (excludes halogenated alkanes) is 1. The van der Waals surface area contributed by atoms with Crippen molar-refractivity contribution in [2.75, 3.05) is 29.5 Å². The van der Waals surface area contributed by atoms with Gasteiger partial charge in [0.25, 0.3) is 5.91 Å². The number of amides is 2. The molecule has 2 aromatic carbocycles. The molecule has 3 rings (SSSR count). The number of hydrogen-bond donors (Lipinski definition) is 0. The van der Waals surface area contributed by atoms with Crippen molar-refractivity contribution in [3.63, 3.8) is 0 Å². The first-order chi connectivity index (χ1) is 13.2. The van der Waals surface area contributed by atoms with Gasteiger partial charge in [0.2, 0.25) is 5.91 Å². The van der Waals surface area contributed by atoms with E-state index in [0.717, 1.165) is 37.2 Å². The molecule has 1 aliphatic heterocycles. The van der Waals surface area contributed by atoms with Crippen LogP contribution in [0.1, 0.15) is 32.6 Å². The van der Waals surface area contributed by atoms with Crippen LogP contribution >= 0.6 is 0 Å². The highest BCUT2D eigenvalue weighted by Crippen LogP contribution is 2.24. The summed E-state index contributed by atoms with van der Waals surface area (Å²) in [4.78, 5) is 28.1. The lowest BCUT2D eigenvalue weighted by Crippen LogP contribution is -2.35. The molecule has 0 atom stereocenters. The number of hydrogen-bond acceptors (Lipinski definition) is 3. The number of rotatable bonds is 8. The van der Waals surface area contributed by atoms with Gasteiger partial charge in [-0.15, -0.1) is 0 Å². The van der Waals surface area contributed by atoms with Crippen molar-refractivity contribution >= 4 is 23.2 Å². The molecule has 1 fully saturated rings. The van der Waals surface area contributed by atoms with Gasteiger partial charge >= 0.3 is 0 Å². The average Bonchev–Trinajstić information content (AvgIpc) is 3.14. The quantitative estimate of drug-likeness (QED) is 0.709. The number of ether oxygens (including phenoxy) is 1. The lowest BCUT2D eigenvalue weighted by Gasteiger charge is -2.23. The van der Waals surface area contributed by atoms with Crippen LogP contribution < -0.4 is 14.5 Å². The van der Waals surface area contributed by atoms with Gasteiger partial charge in [-0.1, -0.05) is 31.5 Å². The molecule has 1 heterocycles. The Kier molecular flexibility index (Phi) is 6.47. The Hall–Kier alpha value is -2.82. The Balaban J connectivity index is 1.60. The van der Waals surface area contributed by atoms with Crippen LogP contribution in [-0.4, -0.2) is 31.5 Å². The van der Waals surface area contributed by atoms with E-state index in [-0.39, 0.29) is 18.4 Å². The summed E-state index contributed by atoms with van der Waals surface area (Å²) in [7, 11) is 0. The van der Waals surface area contributed by atoms with E-state index in [1.807, 2.05) is 54.6 Å². The SMILES string of the molecule is CCCCN(C(=O)COc1ccc(N2CCCC2=O)cc1)c1ccccc1. The predicted molar refractivity (Wildman–Crippen MR) is 107 cm³/mol. The minimum Gasteiger partial charge on any atom is -0.484 e. The summed E-state index contributed by atoms with van der Waals surface area (Å²) in [5, 5.41) is 0. The normalized spacial score (nSPS) is 13.7. The highest BCUT2D eigenvalue weighted by atomic mass is 16.5. The highest BCUT2D eigenvalue weighted by molar-refractivity contribution is 5.95. The summed E-state index contributed by atoms with van der Waals surface area (Å²) in [6, 6.07) is 17.0. The van der Waals surface area contributed by atoms with Crippen LogP contribution in [0.3, 0.4) is 0 Å². The minimum absolute atomic E-state index is 0.0133. The van der Waals surface area contributed by atoms with Gasteiger partial charge in [0, 0.05) is 30.9 Å². The van der Waals surface area contributed by atoms with Gasteiger partial charge in [0.15, 0.2) is 6.61 Å². The molecule has 1 aliphatic rings. The van der Waals surface area contributed by atoms with E-state index in [0.29, 0.717) is 18.7 Å². The summed E-state index contributed by atoms with van der Waals surface area (Å²) in [5.74, 6) is 0.726. The largest absolute Gasteiger partial charge is 0.484 e. The van der Waals surface area contributed by atoms with Gasteiger partial charge in [-0.05, 0) is 49.2 Å². The van der Waals surface area contributed by atoms with Crippen molar-refractivity contribution in [1.29, 1.82) is 0 Å². The van der Waals surface area contributed by atoms with Crippen molar-refractivity contribution in [2.24, 2.45) is 0 Å². The third-order valence-corrected chi connectivity index (χ3v) is 4.69. The summed E-state index contributed by atoms with van der Waals surface area (Å²) in [6.45, 7) is 3.54. The van der Waals surface area contributed by atoms with Crippen molar-refractivity contribution in [1.82, 2.24) is 0 Å². The van der Waals surface area contributed by atoms with Crippen LogP contribution in [-0.2, 0) is 9.59 Å². The van der Waals surface area contributed by atoms with Crippen molar-refractivity contribution < 1.29 is 14.3 Å². The molecule has 2 aromatic rings. The lowest BCUT2D eigenvalue weighted by molar-refractivity contribution is -0.120. The zero-order valence-corrected chi connectivity index (χ0v) is 15.8. The minimum atomic E-state index is -0.0616. The third kappa shape index (κ3) is 4.88. The Labute approximate surface area is 160 Å². The molecule has 0 spiro atoms. The van der Waals surface area contributed by atoms with Gasteiger partial charge in [-0.2, -0.15) is 0 Å². The van der Waals surface area contributed by atoms with Gasteiger partial charge in [-0.3, -0.25) is 9.59 Å². The number of nitrogens with zero attached hydrogens (tertiary/aromatic N) is 2. The molecule has 5 nitrogen and oxygen atoms in total. The maximum Gasteiger partial charge on any atom is 0.264 e. The van der Waals surface area contributed by atoms with E-state index in [1.165, 1.54) is 0 Å². The Bertz CT molecular complexity index is 759. The van der Waals surface area contributed by atoms with Crippen molar-refractivity contribution in [3.05, 3.63) is 54.6 Å². The number of carbonyl (C=O) groups excluding carboxylic acids is 2. The van der Waals surface area contributed by atoms with Crippen LogP contribution in [0.5, 0.6) is 5.75 Å². The smallest absolute Gasteiger partial charge is 0.264 e. The highest BCUT2D eigenvalue weighted by Gasteiger charge is 2.21. The van der Waals surface area contributed by atoms with Gasteiger partial charge in [0.05, 0.1) is 0 Å². The average molecular weight is 366 g/mol. The van der Waals surface area contributed by atoms with E-state index in [2.05, 4.69) is 6.92 Å². The Morgan fingerprint density at radius 2 is 1.85 bits per heavy atom. The zero-order chi connectivity index (χ0) is 19.1. The van der Waals surface area contributed by atoms with Gasteiger partial charge in [0.1, 0.15) is 5.75 Å². The van der Waals surface area contributed by atoms with Crippen LogP contribution in [0.15, 0.2) is 54.6 Å². The topological polar surface area (TPSA) is 49.9 Å². The second-order valence-corrected chi connectivity index (χ2v) is 6.67. The molecule has 142 valence electrons. The molecule has 0 aromatic heterocycles. The molecule has 0 bridgehead atoms. The number of benzene rings is 2. The summed E-state index contributed by atoms with van der Waals surface area (Å²) in [6.07, 6.45) is 3.48. The zero-order valence-electron chi connectivity index (χ0n) is 15.8. The molecule has 5 heteroatoms. The maximum absolute atomic E-state index is 12.7. The fourth-order valence-corrected chi connectivity index (χ4v) is 3.19. The molecule has 1 saturated heterocycles. The van der Waals surface area contributed by atoms with E-state index in [9.17, 15) is 9.59 Å². The molecule has 2 amide bonds. The third-order valence-electron chi connectivity index (χ3n) is 4.69. The molecule has 0 unspecified atom stereocenters. The van der Waals surface area contributed by atoms with E-state index >= 15 is 0 Å². The first kappa shape index (κ1) is 19.0. The molecule has 0 saturated carbocycles. The fraction of sp³-hybridized carbons (Fsp3) is 0.364. The monoisotopic (exact) mass is 366 g/mol. The fourth-order valence-electron chi connectivity index (χ4n) is 3.19. The second kappa shape index (κ2) is 9.21. The summed E-state index contributed by atoms with van der Waals surface area (Å²) < 4.78 is 5.70. The second-order valence-electron chi connectivity index (χ2n) is 6.67. The van der Waals surface area contributed by atoms with Gasteiger partial charge in [-0.25, -0.2) is 0 Å². The van der Waals surface area contributed by atoms with Crippen LogP contribution in [0.4, 0.5) is 11.4 Å². The molecule has 27 heavy (non-hydrogen) atoms. The lowest BCUT2D eigenvalue weighted by atomic mass is 10.2. The predicted octanol–water partition coefficient (Wildman–Crippen LogP) is 4.03. The number of anilines is 2. The molecule has 0 N–H and O–H groups in total. The van der Waals surface area contributed by atoms with E-state index in [4.69, 9.17) is 4.74 Å². The van der Waals surface area contributed by atoms with Crippen molar-refractivity contribution in [2.45, 2.75) is 32.6 Å². The molecular weight excluding hydrogens is 340 g/mol.